The summed E-state index contributed by atoms with van der Waals surface area (Å²) in [7, 11) is 0. The quantitative estimate of drug-likeness (QED) is 0.575. The molecule has 0 bridgehead atoms. The highest BCUT2D eigenvalue weighted by Gasteiger charge is 2.13. The molecule has 0 atom stereocenters. The number of aryl methyl sites for hydroxylation is 1. The fraction of sp³-hybridized carbons (Fsp3) is 0.0667. The summed E-state index contributed by atoms with van der Waals surface area (Å²) in [6.07, 6.45) is 0. The maximum Gasteiger partial charge on any atom is 0.161 e. The van der Waals surface area contributed by atoms with Crippen LogP contribution in [0, 0.1) is 18.6 Å². The Hall–Kier alpha value is -1.78. The summed E-state index contributed by atoms with van der Waals surface area (Å²) in [6, 6.07) is 7.07. The second-order valence-electron chi connectivity index (χ2n) is 4.59. The molecule has 0 aliphatic carbocycles. The van der Waals surface area contributed by atoms with Crippen LogP contribution in [0.15, 0.2) is 30.3 Å². The Bertz CT molecular complexity index is 866. The van der Waals surface area contributed by atoms with Crippen molar-refractivity contribution in [1.29, 1.82) is 0 Å². The lowest BCUT2D eigenvalue weighted by molar-refractivity contribution is 0.590. The maximum absolute atomic E-state index is 13.9. The van der Waals surface area contributed by atoms with Gasteiger partial charge in [0.15, 0.2) is 11.6 Å². The van der Waals surface area contributed by atoms with E-state index >= 15 is 0 Å². The van der Waals surface area contributed by atoms with Crippen molar-refractivity contribution in [3.8, 4) is 11.4 Å². The summed E-state index contributed by atoms with van der Waals surface area (Å²) in [6.45, 7) is 1.84. The zero-order valence-electron chi connectivity index (χ0n) is 10.8. The molecule has 0 aliphatic rings. The van der Waals surface area contributed by atoms with Crippen molar-refractivity contribution in [2.45, 2.75) is 6.92 Å². The lowest BCUT2D eigenvalue weighted by Crippen LogP contribution is -1.95. The largest absolute Gasteiger partial charge is 0.225 e. The highest BCUT2D eigenvalue weighted by molar-refractivity contribution is 6.34. The minimum absolute atomic E-state index is 0.000929. The lowest BCUT2D eigenvalue weighted by Gasteiger charge is -2.07. The van der Waals surface area contributed by atoms with Gasteiger partial charge in [-0.15, -0.1) is 0 Å². The van der Waals surface area contributed by atoms with Crippen molar-refractivity contribution in [3.63, 3.8) is 0 Å². The van der Waals surface area contributed by atoms with Crippen molar-refractivity contribution in [2.75, 3.05) is 0 Å². The molecule has 0 fully saturated rings. The van der Waals surface area contributed by atoms with Gasteiger partial charge in [0.1, 0.15) is 16.5 Å². The first-order valence-electron chi connectivity index (χ1n) is 6.04. The van der Waals surface area contributed by atoms with Gasteiger partial charge in [-0.2, -0.15) is 0 Å². The number of benzene rings is 2. The van der Waals surface area contributed by atoms with E-state index in [1.54, 1.807) is 18.2 Å². The van der Waals surface area contributed by atoms with Gasteiger partial charge in [0, 0.05) is 22.0 Å². The van der Waals surface area contributed by atoms with Crippen molar-refractivity contribution in [3.05, 3.63) is 57.7 Å². The number of halogens is 4. The molecule has 0 saturated heterocycles. The molecule has 0 radical (unpaired) electrons. The molecule has 2 nitrogen and oxygen atoms in total. The van der Waals surface area contributed by atoms with Crippen LogP contribution in [-0.4, -0.2) is 9.97 Å². The van der Waals surface area contributed by atoms with E-state index in [1.807, 2.05) is 6.92 Å². The van der Waals surface area contributed by atoms with E-state index < -0.39 is 11.6 Å². The van der Waals surface area contributed by atoms with Gasteiger partial charge in [-0.3, -0.25) is 0 Å². The van der Waals surface area contributed by atoms with E-state index in [-0.39, 0.29) is 21.9 Å². The van der Waals surface area contributed by atoms with Gasteiger partial charge in [0.05, 0.1) is 0 Å². The predicted molar refractivity (Wildman–Crippen MR) is 79.6 cm³/mol. The molecule has 3 aromatic rings. The van der Waals surface area contributed by atoms with Crippen LogP contribution in [0.25, 0.3) is 22.3 Å². The number of nitrogens with zero attached hydrogens (tertiary/aromatic N) is 2. The summed E-state index contributed by atoms with van der Waals surface area (Å²) in [5.41, 5.74) is 1.48. The van der Waals surface area contributed by atoms with E-state index in [4.69, 9.17) is 23.2 Å². The van der Waals surface area contributed by atoms with Crippen molar-refractivity contribution < 1.29 is 8.78 Å². The predicted octanol–water partition coefficient (Wildman–Crippen LogP) is 5.19. The summed E-state index contributed by atoms with van der Waals surface area (Å²) >= 11 is 12.0. The highest BCUT2D eigenvalue weighted by atomic mass is 35.5. The first-order chi connectivity index (χ1) is 9.95. The van der Waals surface area contributed by atoms with Crippen molar-refractivity contribution >= 4 is 34.1 Å². The van der Waals surface area contributed by atoms with E-state index in [0.717, 1.165) is 17.7 Å². The molecule has 0 saturated carbocycles. The summed E-state index contributed by atoms with van der Waals surface area (Å²) in [5.74, 6) is -1.24. The normalized spacial score (nSPS) is 11.1. The first kappa shape index (κ1) is 14.2. The molecule has 6 heteroatoms. The Kier molecular flexibility index (Phi) is 3.51. The standard InChI is InChI=1S/C15H8Cl2F2N2/c1-7-4-8(2-3-11(7)16)15-20-13-10(14(17)21-15)5-9(18)6-12(13)19/h2-6H,1H3. The van der Waals surface area contributed by atoms with Crippen LogP contribution in [0.3, 0.4) is 0 Å². The van der Waals surface area contributed by atoms with Crippen LogP contribution in [-0.2, 0) is 0 Å². The molecule has 0 unspecified atom stereocenters. The number of rotatable bonds is 1. The maximum atomic E-state index is 13.9. The Balaban J connectivity index is 2.27. The van der Waals surface area contributed by atoms with Crippen molar-refractivity contribution in [1.82, 2.24) is 9.97 Å². The highest BCUT2D eigenvalue weighted by Crippen LogP contribution is 2.28. The van der Waals surface area contributed by atoms with Gasteiger partial charge < -0.3 is 0 Å². The van der Waals surface area contributed by atoms with Gasteiger partial charge in [-0.1, -0.05) is 23.2 Å². The van der Waals surface area contributed by atoms with E-state index in [9.17, 15) is 8.78 Å². The molecule has 106 valence electrons. The molecule has 2 aromatic carbocycles. The average molecular weight is 325 g/mol. The third-order valence-electron chi connectivity index (χ3n) is 3.09. The number of hydrogen-bond donors (Lipinski definition) is 0. The topological polar surface area (TPSA) is 25.8 Å². The Labute approximate surface area is 129 Å². The fourth-order valence-electron chi connectivity index (χ4n) is 2.03. The van der Waals surface area contributed by atoms with Gasteiger partial charge >= 0.3 is 0 Å². The lowest BCUT2D eigenvalue weighted by atomic mass is 10.1. The molecule has 21 heavy (non-hydrogen) atoms. The summed E-state index contributed by atoms with van der Waals surface area (Å²) in [5, 5.41) is 0.753. The second-order valence-corrected chi connectivity index (χ2v) is 5.35. The Morgan fingerprint density at radius 3 is 2.48 bits per heavy atom. The summed E-state index contributed by atoms with van der Waals surface area (Å²) < 4.78 is 27.1. The molecule has 1 aromatic heterocycles. The smallest absolute Gasteiger partial charge is 0.161 e. The fourth-order valence-corrected chi connectivity index (χ4v) is 2.38. The van der Waals surface area contributed by atoms with Crippen LogP contribution in [0.5, 0.6) is 0 Å². The number of hydrogen-bond acceptors (Lipinski definition) is 2. The zero-order chi connectivity index (χ0) is 15.1. The molecular formula is C15H8Cl2F2N2. The second kappa shape index (κ2) is 5.20. The SMILES string of the molecule is Cc1cc(-c2nc(Cl)c3cc(F)cc(F)c3n2)ccc1Cl. The molecule has 1 heterocycles. The first-order valence-corrected chi connectivity index (χ1v) is 6.80. The minimum Gasteiger partial charge on any atom is -0.225 e. The van der Waals surface area contributed by atoms with Crippen molar-refractivity contribution in [2.24, 2.45) is 0 Å². The molecule has 3 rings (SSSR count). The van der Waals surface area contributed by atoms with Crippen LogP contribution in [0.1, 0.15) is 5.56 Å². The van der Waals surface area contributed by atoms with E-state index in [1.165, 1.54) is 0 Å². The van der Waals surface area contributed by atoms with Gasteiger partial charge in [0.2, 0.25) is 0 Å². The minimum atomic E-state index is -0.777. The average Bonchev–Trinajstić information content (AvgIpc) is 2.43. The number of aromatic nitrogens is 2. The molecular weight excluding hydrogens is 317 g/mol. The third kappa shape index (κ3) is 2.57. The van der Waals surface area contributed by atoms with Crippen LogP contribution in [0.2, 0.25) is 10.2 Å². The molecule has 0 spiro atoms. The molecule has 0 N–H and O–H groups in total. The van der Waals surface area contributed by atoms with Crippen LogP contribution in [0.4, 0.5) is 8.78 Å². The van der Waals surface area contributed by atoms with Gasteiger partial charge in [-0.05, 0) is 36.8 Å². The molecule has 0 amide bonds. The molecule has 0 aliphatic heterocycles. The van der Waals surface area contributed by atoms with Gasteiger partial charge in [0.25, 0.3) is 0 Å². The van der Waals surface area contributed by atoms with E-state index in [2.05, 4.69) is 9.97 Å². The van der Waals surface area contributed by atoms with Gasteiger partial charge in [-0.25, -0.2) is 18.7 Å². The van der Waals surface area contributed by atoms with Crippen LogP contribution < -0.4 is 0 Å². The number of fused-ring (bicyclic) bond motifs is 1. The van der Waals surface area contributed by atoms with Crippen LogP contribution >= 0.6 is 23.2 Å². The van der Waals surface area contributed by atoms with E-state index in [0.29, 0.717) is 10.6 Å². The zero-order valence-corrected chi connectivity index (χ0v) is 12.3. The Morgan fingerprint density at radius 2 is 1.76 bits per heavy atom. The monoisotopic (exact) mass is 324 g/mol. The third-order valence-corrected chi connectivity index (χ3v) is 3.80. The summed E-state index contributed by atoms with van der Waals surface area (Å²) in [4.78, 5) is 8.24. The Morgan fingerprint density at radius 1 is 1.00 bits per heavy atom.